The number of benzene rings is 1. The largest absolute Gasteiger partial charge is 0.313 e. The minimum absolute atomic E-state index is 0.537. The normalized spacial score (nSPS) is 20.9. The van der Waals surface area contributed by atoms with Gasteiger partial charge in [-0.15, -0.1) is 0 Å². The van der Waals surface area contributed by atoms with Gasteiger partial charge in [-0.3, -0.25) is 4.90 Å². The number of hydrogen-bond acceptors (Lipinski definition) is 2. The molecule has 0 aliphatic carbocycles. The summed E-state index contributed by atoms with van der Waals surface area (Å²) >= 11 is 0. The topological polar surface area (TPSA) is 15.3 Å². The maximum atomic E-state index is 3.71. The second-order valence-corrected chi connectivity index (χ2v) is 6.74. The van der Waals surface area contributed by atoms with E-state index >= 15 is 0 Å². The first-order valence-electron chi connectivity index (χ1n) is 8.74. The predicted octanol–water partition coefficient (Wildman–Crippen LogP) is 4.24. The molecule has 2 heteroatoms. The lowest BCUT2D eigenvalue weighted by atomic mass is 9.93. The zero-order chi connectivity index (χ0) is 15.1. The molecule has 1 N–H and O–H groups in total. The van der Waals surface area contributed by atoms with E-state index in [9.17, 15) is 0 Å². The van der Waals surface area contributed by atoms with Gasteiger partial charge in [-0.05, 0) is 43.8 Å². The highest BCUT2D eigenvalue weighted by Crippen LogP contribution is 2.29. The van der Waals surface area contributed by atoms with Crippen LogP contribution in [0.5, 0.6) is 0 Å². The number of piperidine rings is 1. The summed E-state index contributed by atoms with van der Waals surface area (Å²) in [5.41, 5.74) is 1.47. The van der Waals surface area contributed by atoms with E-state index in [4.69, 9.17) is 0 Å². The first-order chi connectivity index (χ1) is 10.2. The molecule has 2 nitrogen and oxygen atoms in total. The number of rotatable bonds is 7. The van der Waals surface area contributed by atoms with E-state index in [0.717, 1.165) is 0 Å². The van der Waals surface area contributed by atoms with Crippen LogP contribution in [-0.2, 0) is 0 Å². The first-order valence-corrected chi connectivity index (χ1v) is 8.74. The monoisotopic (exact) mass is 288 g/mol. The molecule has 1 heterocycles. The lowest BCUT2D eigenvalue weighted by Crippen LogP contribution is -2.46. The van der Waals surface area contributed by atoms with Crippen LogP contribution < -0.4 is 5.32 Å². The smallest absolute Gasteiger partial charge is 0.0371 e. The minimum atomic E-state index is 0.537. The summed E-state index contributed by atoms with van der Waals surface area (Å²) in [7, 11) is 0. The van der Waals surface area contributed by atoms with Gasteiger partial charge in [0.1, 0.15) is 0 Å². The molecule has 1 aromatic carbocycles. The molecule has 0 aromatic heterocycles. The molecule has 1 aliphatic heterocycles. The third kappa shape index (κ3) is 4.82. The summed E-state index contributed by atoms with van der Waals surface area (Å²) < 4.78 is 0. The molecule has 0 spiro atoms. The summed E-state index contributed by atoms with van der Waals surface area (Å²) in [5, 5.41) is 3.71. The SMILES string of the molecule is CCCN(CC1CCCCN1)C(c1ccccc1)C(C)C. The van der Waals surface area contributed by atoms with Crippen LogP contribution in [0, 0.1) is 5.92 Å². The zero-order valence-corrected chi connectivity index (χ0v) is 14.0. The van der Waals surface area contributed by atoms with Gasteiger partial charge >= 0.3 is 0 Å². The molecule has 1 aliphatic rings. The Kier molecular flexibility index (Phi) is 6.72. The van der Waals surface area contributed by atoms with Crippen LogP contribution >= 0.6 is 0 Å². The van der Waals surface area contributed by atoms with E-state index in [-0.39, 0.29) is 0 Å². The van der Waals surface area contributed by atoms with Crippen LogP contribution in [0.2, 0.25) is 0 Å². The maximum absolute atomic E-state index is 3.71. The summed E-state index contributed by atoms with van der Waals surface area (Å²) in [4.78, 5) is 2.71. The molecule has 2 atom stereocenters. The van der Waals surface area contributed by atoms with Gasteiger partial charge in [-0.25, -0.2) is 0 Å². The third-order valence-electron chi connectivity index (χ3n) is 4.54. The second-order valence-electron chi connectivity index (χ2n) is 6.74. The predicted molar refractivity (Wildman–Crippen MR) is 91.5 cm³/mol. The van der Waals surface area contributed by atoms with Crippen molar-refractivity contribution >= 4 is 0 Å². The van der Waals surface area contributed by atoms with Crippen LogP contribution in [0.15, 0.2) is 30.3 Å². The average Bonchev–Trinajstić information content (AvgIpc) is 2.49. The highest BCUT2D eigenvalue weighted by atomic mass is 15.2. The molecule has 2 unspecified atom stereocenters. The second kappa shape index (κ2) is 8.55. The van der Waals surface area contributed by atoms with E-state index in [2.05, 4.69) is 61.3 Å². The molecule has 21 heavy (non-hydrogen) atoms. The Morgan fingerprint density at radius 2 is 1.95 bits per heavy atom. The fraction of sp³-hybridized carbons (Fsp3) is 0.684. The van der Waals surface area contributed by atoms with Crippen molar-refractivity contribution < 1.29 is 0 Å². The van der Waals surface area contributed by atoms with Gasteiger partial charge in [0.15, 0.2) is 0 Å². The Bertz CT molecular complexity index is 382. The van der Waals surface area contributed by atoms with E-state index < -0.39 is 0 Å². The Labute approximate surface area is 130 Å². The molecule has 1 saturated heterocycles. The van der Waals surface area contributed by atoms with Crippen molar-refractivity contribution in [2.24, 2.45) is 5.92 Å². The standard InChI is InChI=1S/C19H32N2/c1-4-14-21(15-18-12-8-9-13-20-18)19(16(2)3)17-10-6-5-7-11-17/h5-7,10-11,16,18-20H,4,8-9,12-15H2,1-3H3. The Morgan fingerprint density at radius 1 is 1.19 bits per heavy atom. The summed E-state index contributed by atoms with van der Waals surface area (Å²) in [6.45, 7) is 10.6. The Morgan fingerprint density at radius 3 is 2.52 bits per heavy atom. The van der Waals surface area contributed by atoms with Gasteiger partial charge in [-0.1, -0.05) is 57.5 Å². The van der Waals surface area contributed by atoms with E-state index in [1.165, 1.54) is 50.9 Å². The first kappa shape index (κ1) is 16.5. The Hall–Kier alpha value is -0.860. The molecular weight excluding hydrogens is 256 g/mol. The van der Waals surface area contributed by atoms with Gasteiger partial charge in [0.2, 0.25) is 0 Å². The van der Waals surface area contributed by atoms with E-state index in [0.29, 0.717) is 18.0 Å². The molecule has 1 fully saturated rings. The molecule has 0 bridgehead atoms. The van der Waals surface area contributed by atoms with Crippen molar-refractivity contribution in [2.45, 2.75) is 58.5 Å². The molecule has 118 valence electrons. The van der Waals surface area contributed by atoms with Crippen LogP contribution in [-0.4, -0.2) is 30.6 Å². The molecular formula is C19H32N2. The fourth-order valence-electron chi connectivity index (χ4n) is 3.66. The van der Waals surface area contributed by atoms with Crippen LogP contribution in [0.1, 0.15) is 58.1 Å². The molecule has 0 saturated carbocycles. The van der Waals surface area contributed by atoms with Crippen molar-refractivity contribution in [1.29, 1.82) is 0 Å². The minimum Gasteiger partial charge on any atom is -0.313 e. The average molecular weight is 288 g/mol. The van der Waals surface area contributed by atoms with Crippen molar-refractivity contribution in [3.8, 4) is 0 Å². The van der Waals surface area contributed by atoms with Gasteiger partial charge in [0.25, 0.3) is 0 Å². The van der Waals surface area contributed by atoms with Crippen molar-refractivity contribution in [3.05, 3.63) is 35.9 Å². The lowest BCUT2D eigenvalue weighted by molar-refractivity contribution is 0.132. The van der Waals surface area contributed by atoms with Gasteiger partial charge in [-0.2, -0.15) is 0 Å². The number of nitrogens with zero attached hydrogens (tertiary/aromatic N) is 1. The van der Waals surface area contributed by atoms with E-state index in [1.807, 2.05) is 0 Å². The number of hydrogen-bond donors (Lipinski definition) is 1. The molecule has 1 aromatic rings. The van der Waals surface area contributed by atoms with Crippen molar-refractivity contribution in [2.75, 3.05) is 19.6 Å². The third-order valence-corrected chi connectivity index (χ3v) is 4.54. The van der Waals surface area contributed by atoms with Crippen molar-refractivity contribution in [1.82, 2.24) is 10.2 Å². The zero-order valence-electron chi connectivity index (χ0n) is 14.0. The molecule has 0 radical (unpaired) electrons. The highest BCUT2D eigenvalue weighted by molar-refractivity contribution is 5.19. The quantitative estimate of drug-likeness (QED) is 0.807. The van der Waals surface area contributed by atoms with Crippen LogP contribution in [0.25, 0.3) is 0 Å². The lowest BCUT2D eigenvalue weighted by Gasteiger charge is -2.38. The van der Waals surface area contributed by atoms with Crippen LogP contribution in [0.3, 0.4) is 0 Å². The van der Waals surface area contributed by atoms with Gasteiger partial charge < -0.3 is 5.32 Å². The summed E-state index contributed by atoms with van der Waals surface area (Å²) in [5.74, 6) is 0.641. The Balaban J connectivity index is 2.12. The van der Waals surface area contributed by atoms with Crippen molar-refractivity contribution in [3.63, 3.8) is 0 Å². The fourth-order valence-corrected chi connectivity index (χ4v) is 3.66. The van der Waals surface area contributed by atoms with Crippen LogP contribution in [0.4, 0.5) is 0 Å². The van der Waals surface area contributed by atoms with Gasteiger partial charge in [0.05, 0.1) is 0 Å². The highest BCUT2D eigenvalue weighted by Gasteiger charge is 2.26. The molecule has 0 amide bonds. The maximum Gasteiger partial charge on any atom is 0.0371 e. The van der Waals surface area contributed by atoms with Gasteiger partial charge in [0, 0.05) is 18.6 Å². The number of nitrogens with one attached hydrogen (secondary N) is 1. The molecule has 2 rings (SSSR count). The summed E-state index contributed by atoms with van der Waals surface area (Å²) in [6.07, 6.45) is 5.29. The summed E-state index contributed by atoms with van der Waals surface area (Å²) in [6, 6.07) is 12.3. The van der Waals surface area contributed by atoms with E-state index in [1.54, 1.807) is 0 Å².